The van der Waals surface area contributed by atoms with E-state index in [1.807, 2.05) is 49.6 Å². The molecule has 1 N–H and O–H groups in total. The Morgan fingerprint density at radius 2 is 2.11 bits per heavy atom. The van der Waals surface area contributed by atoms with Crippen molar-refractivity contribution in [2.24, 2.45) is 0 Å². The molecule has 1 atom stereocenters. The molecule has 0 radical (unpaired) electrons. The molecule has 8 heteroatoms. The number of carbonyl (C=O) groups excluding carboxylic acids is 1. The first-order valence-corrected chi connectivity index (χ1v) is 9.72. The van der Waals surface area contributed by atoms with Gasteiger partial charge in [-0.05, 0) is 32.9 Å². The molecule has 3 rings (SSSR count). The fraction of sp³-hybridized carbons (Fsp3) is 0.421. The molecule has 0 spiro atoms. The van der Waals surface area contributed by atoms with Crippen LogP contribution < -0.4 is 14.8 Å². The zero-order chi connectivity index (χ0) is 19.4. The van der Waals surface area contributed by atoms with Gasteiger partial charge >= 0.3 is 0 Å². The zero-order valence-corrected chi connectivity index (χ0v) is 16.6. The van der Waals surface area contributed by atoms with Crippen LogP contribution in [0.2, 0.25) is 0 Å². The summed E-state index contributed by atoms with van der Waals surface area (Å²) in [4.78, 5) is 12.1. The number of hydrogen-bond donors (Lipinski definition) is 1. The fourth-order valence-corrected chi connectivity index (χ4v) is 3.43. The molecule has 0 unspecified atom stereocenters. The van der Waals surface area contributed by atoms with Gasteiger partial charge in [0.2, 0.25) is 5.91 Å². The van der Waals surface area contributed by atoms with Crippen LogP contribution in [0, 0.1) is 0 Å². The summed E-state index contributed by atoms with van der Waals surface area (Å²) >= 11 is 1.34. The van der Waals surface area contributed by atoms with E-state index in [-0.39, 0.29) is 23.3 Å². The molecule has 1 aromatic carbocycles. The van der Waals surface area contributed by atoms with E-state index in [9.17, 15) is 4.79 Å². The lowest BCUT2D eigenvalue weighted by Crippen LogP contribution is -2.41. The van der Waals surface area contributed by atoms with Crippen molar-refractivity contribution < 1.29 is 14.3 Å². The first-order chi connectivity index (χ1) is 12.9. The number of carbonyl (C=O) groups is 1. The molecule has 1 aliphatic rings. The van der Waals surface area contributed by atoms with Crippen LogP contribution in [-0.4, -0.2) is 38.6 Å². The van der Waals surface area contributed by atoms with Gasteiger partial charge in [0.1, 0.15) is 6.61 Å². The molecule has 1 amide bonds. The molecule has 0 fully saturated rings. The lowest BCUT2D eigenvalue weighted by Gasteiger charge is -2.26. The number of nitrogens with zero attached hydrogens (tertiary/aromatic N) is 3. The molecule has 27 heavy (non-hydrogen) atoms. The van der Waals surface area contributed by atoms with Crippen molar-refractivity contribution in [3.63, 3.8) is 0 Å². The maximum absolute atomic E-state index is 12.1. The van der Waals surface area contributed by atoms with Gasteiger partial charge in [0.15, 0.2) is 28.6 Å². The summed E-state index contributed by atoms with van der Waals surface area (Å²) in [6.45, 7) is 10.5. The first kappa shape index (κ1) is 19.3. The SMILES string of the molecule is C=CCn1c(SCC(=O)NC(C)(C)C)nnc1[C@H]1COc2ccccc2O1. The average Bonchev–Trinajstić information content (AvgIpc) is 3.01. The Balaban J connectivity index is 1.74. The van der Waals surface area contributed by atoms with Crippen molar-refractivity contribution in [1.82, 2.24) is 20.1 Å². The van der Waals surface area contributed by atoms with Gasteiger partial charge in [0.05, 0.1) is 5.75 Å². The largest absolute Gasteiger partial charge is 0.485 e. The third kappa shape index (κ3) is 4.82. The van der Waals surface area contributed by atoms with Crippen LogP contribution in [0.1, 0.15) is 32.7 Å². The lowest BCUT2D eigenvalue weighted by molar-refractivity contribution is -0.119. The van der Waals surface area contributed by atoms with E-state index in [0.29, 0.717) is 29.9 Å². The summed E-state index contributed by atoms with van der Waals surface area (Å²) in [7, 11) is 0. The Morgan fingerprint density at radius 1 is 1.37 bits per heavy atom. The van der Waals surface area contributed by atoms with Crippen LogP contribution in [0.25, 0.3) is 0 Å². The fourth-order valence-electron chi connectivity index (χ4n) is 2.68. The van der Waals surface area contributed by atoms with Gasteiger partial charge in [-0.3, -0.25) is 9.36 Å². The number of nitrogens with one attached hydrogen (secondary N) is 1. The Labute approximate surface area is 163 Å². The number of hydrogen-bond acceptors (Lipinski definition) is 6. The van der Waals surface area contributed by atoms with Gasteiger partial charge in [0.25, 0.3) is 0 Å². The van der Waals surface area contributed by atoms with E-state index < -0.39 is 0 Å². The molecular weight excluding hydrogens is 364 g/mol. The number of para-hydroxylation sites is 2. The van der Waals surface area contributed by atoms with E-state index in [2.05, 4.69) is 22.1 Å². The van der Waals surface area contributed by atoms with Crippen LogP contribution in [-0.2, 0) is 11.3 Å². The van der Waals surface area contributed by atoms with Gasteiger partial charge < -0.3 is 14.8 Å². The molecule has 0 saturated heterocycles. The number of fused-ring (bicyclic) bond motifs is 1. The maximum Gasteiger partial charge on any atom is 0.230 e. The van der Waals surface area contributed by atoms with Crippen molar-refractivity contribution in [2.45, 2.75) is 44.1 Å². The zero-order valence-electron chi connectivity index (χ0n) is 15.8. The van der Waals surface area contributed by atoms with E-state index in [0.717, 1.165) is 5.75 Å². The smallest absolute Gasteiger partial charge is 0.230 e. The molecule has 7 nitrogen and oxygen atoms in total. The van der Waals surface area contributed by atoms with E-state index in [4.69, 9.17) is 9.47 Å². The van der Waals surface area contributed by atoms with Gasteiger partial charge in [-0.2, -0.15) is 0 Å². The Hall–Kier alpha value is -2.48. The van der Waals surface area contributed by atoms with Gasteiger partial charge in [-0.15, -0.1) is 16.8 Å². The number of rotatable bonds is 6. The van der Waals surface area contributed by atoms with Gasteiger partial charge in [0, 0.05) is 12.1 Å². The average molecular weight is 388 g/mol. The monoisotopic (exact) mass is 388 g/mol. The van der Waals surface area contributed by atoms with Crippen molar-refractivity contribution in [3.05, 3.63) is 42.7 Å². The summed E-state index contributed by atoms with van der Waals surface area (Å²) in [5.41, 5.74) is -0.266. The molecule has 0 bridgehead atoms. The summed E-state index contributed by atoms with van der Waals surface area (Å²) in [6, 6.07) is 7.53. The molecule has 1 aromatic heterocycles. The van der Waals surface area contributed by atoms with Crippen molar-refractivity contribution in [2.75, 3.05) is 12.4 Å². The van der Waals surface area contributed by atoms with Crippen LogP contribution in [0.5, 0.6) is 11.5 Å². The topological polar surface area (TPSA) is 78.3 Å². The predicted molar refractivity (Wildman–Crippen MR) is 104 cm³/mol. The summed E-state index contributed by atoms with van der Waals surface area (Å²) in [5.74, 6) is 2.27. The minimum Gasteiger partial charge on any atom is -0.485 e. The second-order valence-corrected chi connectivity index (χ2v) is 8.13. The number of ether oxygens (including phenoxy) is 2. The number of amides is 1. The molecule has 1 aliphatic heterocycles. The highest BCUT2D eigenvalue weighted by molar-refractivity contribution is 7.99. The predicted octanol–water partition coefficient (Wildman–Crippen LogP) is 2.98. The molecule has 0 aliphatic carbocycles. The minimum atomic E-state index is -0.370. The minimum absolute atomic E-state index is 0.0478. The summed E-state index contributed by atoms with van der Waals surface area (Å²) in [5, 5.41) is 12.1. The highest BCUT2D eigenvalue weighted by Gasteiger charge is 2.28. The number of aromatic nitrogens is 3. The van der Waals surface area contributed by atoms with Crippen molar-refractivity contribution in [1.29, 1.82) is 0 Å². The maximum atomic E-state index is 12.1. The quantitative estimate of drug-likeness (QED) is 0.605. The third-order valence-corrected chi connectivity index (χ3v) is 4.67. The summed E-state index contributed by atoms with van der Waals surface area (Å²) in [6.07, 6.45) is 1.40. The third-order valence-electron chi connectivity index (χ3n) is 3.70. The number of benzene rings is 1. The Kier molecular flexibility index (Phi) is 5.74. The molecule has 0 saturated carbocycles. The first-order valence-electron chi connectivity index (χ1n) is 8.73. The van der Waals surface area contributed by atoms with E-state index >= 15 is 0 Å². The standard InChI is InChI=1S/C19H24N4O3S/c1-5-10-23-17(15-11-25-13-8-6-7-9-14(13)26-15)21-22-18(23)27-12-16(24)20-19(2,3)4/h5-9,15H,1,10-12H2,2-4H3,(H,20,24)/t15-/m1/s1. The molecular formula is C19H24N4O3S. The van der Waals surface area contributed by atoms with E-state index in [1.54, 1.807) is 6.08 Å². The van der Waals surface area contributed by atoms with Crippen molar-refractivity contribution in [3.8, 4) is 11.5 Å². The highest BCUT2D eigenvalue weighted by atomic mass is 32.2. The molecule has 2 aromatic rings. The lowest BCUT2D eigenvalue weighted by atomic mass is 10.1. The van der Waals surface area contributed by atoms with Gasteiger partial charge in [-0.25, -0.2) is 0 Å². The highest BCUT2D eigenvalue weighted by Crippen LogP contribution is 2.36. The Bertz CT molecular complexity index is 829. The summed E-state index contributed by atoms with van der Waals surface area (Å²) < 4.78 is 13.7. The second-order valence-electron chi connectivity index (χ2n) is 7.19. The Morgan fingerprint density at radius 3 is 2.81 bits per heavy atom. The van der Waals surface area contributed by atoms with Crippen LogP contribution in [0.15, 0.2) is 42.1 Å². The van der Waals surface area contributed by atoms with Crippen LogP contribution >= 0.6 is 11.8 Å². The van der Waals surface area contributed by atoms with Gasteiger partial charge in [-0.1, -0.05) is 30.0 Å². The van der Waals surface area contributed by atoms with Crippen LogP contribution in [0.4, 0.5) is 0 Å². The molecule has 144 valence electrons. The van der Waals surface area contributed by atoms with Crippen molar-refractivity contribution >= 4 is 17.7 Å². The number of allylic oxidation sites excluding steroid dienone is 1. The second kappa shape index (κ2) is 8.04. The van der Waals surface area contributed by atoms with Crippen LogP contribution in [0.3, 0.4) is 0 Å². The molecule has 2 heterocycles. The normalized spacial score (nSPS) is 16.0. The van der Waals surface area contributed by atoms with E-state index in [1.165, 1.54) is 11.8 Å². The number of thioether (sulfide) groups is 1.